The van der Waals surface area contributed by atoms with Crippen LogP contribution >= 0.6 is 0 Å². The summed E-state index contributed by atoms with van der Waals surface area (Å²) in [6, 6.07) is 0. The van der Waals surface area contributed by atoms with E-state index in [9.17, 15) is 14.4 Å². The van der Waals surface area contributed by atoms with Crippen LogP contribution < -0.4 is 16.6 Å². The molecule has 1 rings (SSSR count). The Morgan fingerprint density at radius 1 is 1.47 bits per heavy atom. The zero-order valence-electron chi connectivity index (χ0n) is 8.42. The number of nitrogens with one attached hydrogen (secondary N) is 3. The second kappa shape index (κ2) is 5.14. The molecule has 0 saturated heterocycles. The molecule has 0 atom stereocenters. The Morgan fingerprint density at radius 3 is 2.80 bits per heavy atom. The highest BCUT2D eigenvalue weighted by Crippen LogP contribution is 1.87. The minimum atomic E-state index is -0.673. The van der Waals surface area contributed by atoms with E-state index in [2.05, 4.69) is 10.3 Å². The van der Waals surface area contributed by atoms with Crippen molar-refractivity contribution < 1.29 is 4.79 Å². The van der Waals surface area contributed by atoms with E-state index in [1.54, 1.807) is 0 Å². The van der Waals surface area contributed by atoms with Gasteiger partial charge in [-0.15, -0.1) is 0 Å². The van der Waals surface area contributed by atoms with E-state index in [4.69, 9.17) is 0 Å². The van der Waals surface area contributed by atoms with Crippen molar-refractivity contribution >= 4 is 5.91 Å². The van der Waals surface area contributed by atoms with Gasteiger partial charge in [0.05, 0.1) is 0 Å². The standard InChI is InChI=1S/C9H13N3O3/c1-2-3-4-10-7(13)6-5-11-9(15)12-8(6)14/h5H,2-4H2,1H3,(H,10,13)(H2,11,12,14,15). The molecule has 0 fully saturated rings. The van der Waals surface area contributed by atoms with Crippen LogP contribution in [0.3, 0.4) is 0 Å². The molecule has 0 saturated carbocycles. The average Bonchev–Trinajstić information content (AvgIpc) is 2.17. The van der Waals surface area contributed by atoms with Crippen molar-refractivity contribution in [2.45, 2.75) is 19.8 Å². The summed E-state index contributed by atoms with van der Waals surface area (Å²) < 4.78 is 0. The molecule has 6 heteroatoms. The highest BCUT2D eigenvalue weighted by molar-refractivity contribution is 5.93. The summed E-state index contributed by atoms with van der Waals surface area (Å²) in [6.07, 6.45) is 2.93. The van der Waals surface area contributed by atoms with Gasteiger partial charge in [-0.05, 0) is 6.42 Å². The number of rotatable bonds is 4. The quantitative estimate of drug-likeness (QED) is 0.591. The largest absolute Gasteiger partial charge is 0.352 e. The van der Waals surface area contributed by atoms with Crippen LogP contribution in [0.1, 0.15) is 30.1 Å². The lowest BCUT2D eigenvalue weighted by molar-refractivity contribution is 0.0951. The van der Waals surface area contributed by atoms with Gasteiger partial charge in [-0.25, -0.2) is 4.79 Å². The second-order valence-corrected chi connectivity index (χ2v) is 3.10. The van der Waals surface area contributed by atoms with E-state index in [1.165, 1.54) is 0 Å². The molecule has 0 aliphatic rings. The van der Waals surface area contributed by atoms with E-state index in [0.717, 1.165) is 19.0 Å². The molecule has 6 nitrogen and oxygen atoms in total. The average molecular weight is 211 g/mol. The molecule has 0 aromatic carbocycles. The van der Waals surface area contributed by atoms with Crippen LogP contribution in [0.4, 0.5) is 0 Å². The Kier molecular flexibility index (Phi) is 3.84. The Balaban J connectivity index is 2.74. The van der Waals surface area contributed by atoms with Crippen LogP contribution in [0.25, 0.3) is 0 Å². The molecular formula is C9H13N3O3. The van der Waals surface area contributed by atoms with Crippen molar-refractivity contribution in [1.82, 2.24) is 15.3 Å². The third-order valence-electron chi connectivity index (χ3n) is 1.88. The normalized spacial score (nSPS) is 9.93. The van der Waals surface area contributed by atoms with Crippen molar-refractivity contribution in [3.05, 3.63) is 32.6 Å². The molecule has 15 heavy (non-hydrogen) atoms. The number of hydrogen-bond donors (Lipinski definition) is 3. The first-order chi connectivity index (χ1) is 7.15. The van der Waals surface area contributed by atoms with E-state index >= 15 is 0 Å². The van der Waals surface area contributed by atoms with Gasteiger partial charge in [0.2, 0.25) is 0 Å². The molecule has 3 N–H and O–H groups in total. The first kappa shape index (κ1) is 11.2. The first-order valence-electron chi connectivity index (χ1n) is 4.75. The Morgan fingerprint density at radius 2 is 2.20 bits per heavy atom. The van der Waals surface area contributed by atoms with Crippen molar-refractivity contribution in [2.24, 2.45) is 0 Å². The minimum Gasteiger partial charge on any atom is -0.352 e. The van der Waals surface area contributed by atoms with Crippen LogP contribution in [0, 0.1) is 0 Å². The van der Waals surface area contributed by atoms with Crippen LogP contribution in [-0.2, 0) is 0 Å². The molecule has 1 amide bonds. The van der Waals surface area contributed by atoms with Crippen LogP contribution in [0.5, 0.6) is 0 Å². The molecule has 82 valence electrons. The summed E-state index contributed by atoms with van der Waals surface area (Å²) in [5, 5.41) is 2.58. The molecule has 1 heterocycles. The molecule has 0 aliphatic heterocycles. The van der Waals surface area contributed by atoms with Gasteiger partial charge in [0.1, 0.15) is 5.56 Å². The molecule has 1 aromatic rings. The SMILES string of the molecule is CCCCNC(=O)c1c[nH]c(=O)[nH]c1=O. The van der Waals surface area contributed by atoms with E-state index < -0.39 is 17.2 Å². The van der Waals surface area contributed by atoms with Crippen molar-refractivity contribution in [3.8, 4) is 0 Å². The van der Waals surface area contributed by atoms with Gasteiger partial charge in [-0.1, -0.05) is 13.3 Å². The maximum absolute atomic E-state index is 11.4. The van der Waals surface area contributed by atoms with Crippen LogP contribution in [0.2, 0.25) is 0 Å². The van der Waals surface area contributed by atoms with Crippen molar-refractivity contribution in [1.29, 1.82) is 0 Å². The van der Waals surface area contributed by atoms with E-state index in [1.807, 2.05) is 11.9 Å². The lowest BCUT2D eigenvalue weighted by atomic mass is 10.3. The number of amides is 1. The predicted molar refractivity (Wildman–Crippen MR) is 54.9 cm³/mol. The minimum absolute atomic E-state index is 0.0781. The summed E-state index contributed by atoms with van der Waals surface area (Å²) >= 11 is 0. The number of carbonyl (C=O) groups excluding carboxylic acids is 1. The summed E-state index contributed by atoms with van der Waals surface area (Å²) in [5.74, 6) is -0.471. The topological polar surface area (TPSA) is 94.8 Å². The maximum Gasteiger partial charge on any atom is 0.325 e. The molecular weight excluding hydrogens is 198 g/mol. The van der Waals surface area contributed by atoms with Gasteiger partial charge in [-0.3, -0.25) is 14.6 Å². The number of hydrogen-bond acceptors (Lipinski definition) is 3. The van der Waals surface area contributed by atoms with Crippen molar-refractivity contribution in [2.75, 3.05) is 6.54 Å². The molecule has 1 aromatic heterocycles. The Bertz CT molecular complexity index is 446. The summed E-state index contributed by atoms with van der Waals surface area (Å²) in [7, 11) is 0. The highest BCUT2D eigenvalue weighted by atomic mass is 16.2. The Labute approximate surface area is 85.7 Å². The lowest BCUT2D eigenvalue weighted by Gasteiger charge is -2.02. The number of H-pyrrole nitrogens is 2. The fraction of sp³-hybridized carbons (Fsp3) is 0.444. The van der Waals surface area contributed by atoms with E-state index in [-0.39, 0.29) is 5.56 Å². The number of unbranched alkanes of at least 4 members (excludes halogenated alkanes) is 1. The monoisotopic (exact) mass is 211 g/mol. The maximum atomic E-state index is 11.4. The van der Waals surface area contributed by atoms with Gasteiger partial charge in [-0.2, -0.15) is 0 Å². The number of aromatic nitrogens is 2. The van der Waals surface area contributed by atoms with Crippen LogP contribution in [0.15, 0.2) is 15.8 Å². The van der Waals surface area contributed by atoms with E-state index in [0.29, 0.717) is 6.54 Å². The first-order valence-corrected chi connectivity index (χ1v) is 4.75. The zero-order chi connectivity index (χ0) is 11.3. The molecule has 0 spiro atoms. The summed E-state index contributed by atoms with van der Waals surface area (Å²) in [5.41, 5.74) is -1.37. The smallest absolute Gasteiger partial charge is 0.325 e. The van der Waals surface area contributed by atoms with Gasteiger partial charge in [0.15, 0.2) is 0 Å². The lowest BCUT2D eigenvalue weighted by Crippen LogP contribution is -2.33. The molecule has 0 bridgehead atoms. The fourth-order valence-electron chi connectivity index (χ4n) is 1.05. The molecule has 0 aliphatic carbocycles. The Hall–Kier alpha value is -1.85. The van der Waals surface area contributed by atoms with Gasteiger partial charge >= 0.3 is 5.69 Å². The highest BCUT2D eigenvalue weighted by Gasteiger charge is 2.09. The third-order valence-corrected chi connectivity index (χ3v) is 1.88. The van der Waals surface area contributed by atoms with Gasteiger partial charge in [0.25, 0.3) is 11.5 Å². The number of aromatic amines is 2. The molecule has 0 radical (unpaired) electrons. The zero-order valence-corrected chi connectivity index (χ0v) is 8.42. The summed E-state index contributed by atoms with van der Waals surface area (Å²) in [4.78, 5) is 37.5. The van der Waals surface area contributed by atoms with Gasteiger partial charge in [0, 0.05) is 12.7 Å². The predicted octanol–water partition coefficient (Wildman–Crippen LogP) is -0.407. The van der Waals surface area contributed by atoms with Gasteiger partial charge < -0.3 is 10.3 Å². The number of carbonyl (C=O) groups is 1. The summed E-state index contributed by atoms with van der Waals surface area (Å²) in [6.45, 7) is 2.52. The second-order valence-electron chi connectivity index (χ2n) is 3.10. The fourth-order valence-corrected chi connectivity index (χ4v) is 1.05. The molecule has 0 unspecified atom stereocenters. The third kappa shape index (κ3) is 3.08. The van der Waals surface area contributed by atoms with Crippen LogP contribution in [-0.4, -0.2) is 22.4 Å². The van der Waals surface area contributed by atoms with Crippen molar-refractivity contribution in [3.63, 3.8) is 0 Å².